The van der Waals surface area contributed by atoms with Crippen molar-refractivity contribution < 1.29 is 9.26 Å². The molecule has 0 aliphatic carbocycles. The van der Waals surface area contributed by atoms with E-state index in [0.717, 1.165) is 13.1 Å². The fraction of sp³-hybridized carbons (Fsp3) is 0.500. The van der Waals surface area contributed by atoms with Crippen molar-refractivity contribution in [1.29, 1.82) is 0 Å². The lowest BCUT2D eigenvalue weighted by atomic mass is 10.1. The summed E-state index contributed by atoms with van der Waals surface area (Å²) >= 11 is 0. The van der Waals surface area contributed by atoms with Gasteiger partial charge in [-0.15, -0.1) is 0 Å². The third-order valence-corrected chi connectivity index (χ3v) is 3.50. The fourth-order valence-electron chi connectivity index (χ4n) is 2.58. The lowest BCUT2D eigenvalue weighted by Crippen LogP contribution is -2.43. The van der Waals surface area contributed by atoms with Gasteiger partial charge in [0.05, 0.1) is 12.7 Å². The minimum absolute atomic E-state index is 0.00911. The van der Waals surface area contributed by atoms with E-state index >= 15 is 0 Å². The molecule has 0 saturated carbocycles. The first-order valence-electron chi connectivity index (χ1n) is 6.79. The SMILES string of the molecule is Cc1noc([C@@H]2[C@@H](C)OCCN2Cc2cccnc2)n1. The molecule has 0 amide bonds. The molecule has 0 N–H and O–H groups in total. The summed E-state index contributed by atoms with van der Waals surface area (Å²) in [6.45, 7) is 6.22. The second kappa shape index (κ2) is 5.68. The van der Waals surface area contributed by atoms with E-state index in [4.69, 9.17) is 9.26 Å². The van der Waals surface area contributed by atoms with E-state index in [1.54, 1.807) is 6.20 Å². The molecule has 20 heavy (non-hydrogen) atoms. The topological polar surface area (TPSA) is 64.3 Å². The van der Waals surface area contributed by atoms with Gasteiger partial charge in [0.25, 0.3) is 0 Å². The Labute approximate surface area is 117 Å². The van der Waals surface area contributed by atoms with Crippen LogP contribution in [-0.4, -0.2) is 39.3 Å². The molecule has 3 rings (SSSR count). The predicted octanol–water partition coefficient (Wildman–Crippen LogP) is 1.74. The summed E-state index contributed by atoms with van der Waals surface area (Å²) in [6.07, 6.45) is 3.70. The van der Waals surface area contributed by atoms with Crippen LogP contribution in [0, 0.1) is 6.92 Å². The van der Waals surface area contributed by atoms with Gasteiger partial charge in [0.2, 0.25) is 5.89 Å². The Morgan fingerprint density at radius 2 is 2.35 bits per heavy atom. The third-order valence-electron chi connectivity index (χ3n) is 3.50. The van der Waals surface area contributed by atoms with E-state index in [2.05, 4.69) is 26.1 Å². The smallest absolute Gasteiger partial charge is 0.246 e. The van der Waals surface area contributed by atoms with Crippen molar-refractivity contribution in [3.8, 4) is 0 Å². The third kappa shape index (κ3) is 2.71. The van der Waals surface area contributed by atoms with Gasteiger partial charge in [-0.25, -0.2) is 0 Å². The van der Waals surface area contributed by atoms with Crippen LogP contribution < -0.4 is 0 Å². The van der Waals surface area contributed by atoms with Crippen LogP contribution in [0.3, 0.4) is 0 Å². The molecule has 0 spiro atoms. The summed E-state index contributed by atoms with van der Waals surface area (Å²) in [7, 11) is 0. The minimum Gasteiger partial charge on any atom is -0.375 e. The van der Waals surface area contributed by atoms with Crippen molar-refractivity contribution >= 4 is 0 Å². The van der Waals surface area contributed by atoms with Crippen LogP contribution in [-0.2, 0) is 11.3 Å². The summed E-state index contributed by atoms with van der Waals surface area (Å²) in [5, 5.41) is 3.89. The van der Waals surface area contributed by atoms with Crippen LogP contribution in [0.4, 0.5) is 0 Å². The number of aryl methyl sites for hydroxylation is 1. The fourth-order valence-corrected chi connectivity index (χ4v) is 2.58. The van der Waals surface area contributed by atoms with Gasteiger partial charge in [-0.2, -0.15) is 4.98 Å². The Morgan fingerprint density at radius 3 is 3.05 bits per heavy atom. The number of nitrogens with zero attached hydrogens (tertiary/aromatic N) is 4. The molecule has 2 aromatic heterocycles. The highest BCUT2D eigenvalue weighted by Crippen LogP contribution is 2.29. The molecule has 1 aliphatic rings. The Balaban J connectivity index is 1.83. The molecule has 6 nitrogen and oxygen atoms in total. The molecule has 2 atom stereocenters. The molecule has 1 aliphatic heterocycles. The highest BCUT2D eigenvalue weighted by atomic mass is 16.5. The second-order valence-corrected chi connectivity index (χ2v) is 5.03. The standard InChI is InChI=1S/C14H18N4O2/c1-10-13(14-16-11(2)17-20-14)18(6-7-19-10)9-12-4-3-5-15-8-12/h3-5,8,10,13H,6-7,9H2,1-2H3/t10-,13+/m1/s1. The van der Waals surface area contributed by atoms with Crippen LogP contribution in [0.1, 0.15) is 30.2 Å². The monoisotopic (exact) mass is 274 g/mol. The van der Waals surface area contributed by atoms with Crippen molar-refractivity contribution in [2.45, 2.75) is 32.5 Å². The highest BCUT2D eigenvalue weighted by Gasteiger charge is 2.34. The molecule has 0 radical (unpaired) electrons. The van der Waals surface area contributed by atoms with Crippen LogP contribution in [0.5, 0.6) is 0 Å². The first-order valence-corrected chi connectivity index (χ1v) is 6.79. The summed E-state index contributed by atoms with van der Waals surface area (Å²) in [4.78, 5) is 10.8. The van der Waals surface area contributed by atoms with Crippen LogP contribution in [0.15, 0.2) is 29.0 Å². The lowest BCUT2D eigenvalue weighted by Gasteiger charge is -2.37. The first kappa shape index (κ1) is 13.2. The van der Waals surface area contributed by atoms with Gasteiger partial charge < -0.3 is 9.26 Å². The first-order chi connectivity index (χ1) is 9.74. The number of pyridine rings is 1. The van der Waals surface area contributed by atoms with E-state index in [1.807, 2.05) is 26.1 Å². The maximum absolute atomic E-state index is 5.74. The Morgan fingerprint density at radius 1 is 1.45 bits per heavy atom. The van der Waals surface area contributed by atoms with Gasteiger partial charge in [-0.3, -0.25) is 9.88 Å². The van der Waals surface area contributed by atoms with Crippen molar-refractivity contribution in [1.82, 2.24) is 20.0 Å². The zero-order valence-electron chi connectivity index (χ0n) is 11.7. The van der Waals surface area contributed by atoms with Crippen molar-refractivity contribution in [3.63, 3.8) is 0 Å². The van der Waals surface area contributed by atoms with E-state index in [1.165, 1.54) is 5.56 Å². The van der Waals surface area contributed by atoms with E-state index in [0.29, 0.717) is 18.3 Å². The van der Waals surface area contributed by atoms with Gasteiger partial charge in [-0.1, -0.05) is 11.2 Å². The number of morpholine rings is 1. The lowest BCUT2D eigenvalue weighted by molar-refractivity contribution is -0.0763. The molecular weight excluding hydrogens is 256 g/mol. The number of hydrogen-bond acceptors (Lipinski definition) is 6. The van der Waals surface area contributed by atoms with Crippen molar-refractivity contribution in [2.75, 3.05) is 13.2 Å². The molecule has 0 aromatic carbocycles. The van der Waals surface area contributed by atoms with Gasteiger partial charge >= 0.3 is 0 Å². The largest absolute Gasteiger partial charge is 0.375 e. The van der Waals surface area contributed by atoms with Crippen LogP contribution in [0.25, 0.3) is 0 Å². The van der Waals surface area contributed by atoms with Crippen LogP contribution in [0.2, 0.25) is 0 Å². The predicted molar refractivity (Wildman–Crippen MR) is 71.8 cm³/mol. The van der Waals surface area contributed by atoms with Gasteiger partial charge in [0, 0.05) is 25.5 Å². The minimum atomic E-state index is -0.00911. The molecule has 0 bridgehead atoms. The summed E-state index contributed by atoms with van der Waals surface area (Å²) < 4.78 is 11.1. The Hall–Kier alpha value is -1.79. The number of aromatic nitrogens is 3. The molecule has 6 heteroatoms. The molecule has 106 valence electrons. The van der Waals surface area contributed by atoms with Gasteiger partial charge in [0.15, 0.2) is 5.82 Å². The number of ether oxygens (including phenoxy) is 1. The molecule has 0 unspecified atom stereocenters. The van der Waals surface area contributed by atoms with Gasteiger partial charge in [-0.05, 0) is 25.5 Å². The molecule has 3 heterocycles. The molecule has 2 aromatic rings. The molecule has 1 saturated heterocycles. The quantitative estimate of drug-likeness (QED) is 0.849. The maximum atomic E-state index is 5.74. The van der Waals surface area contributed by atoms with Crippen LogP contribution >= 0.6 is 0 Å². The maximum Gasteiger partial charge on any atom is 0.246 e. The number of hydrogen-bond donors (Lipinski definition) is 0. The second-order valence-electron chi connectivity index (χ2n) is 5.03. The normalized spacial score (nSPS) is 23.9. The van der Waals surface area contributed by atoms with E-state index in [-0.39, 0.29) is 12.1 Å². The highest BCUT2D eigenvalue weighted by molar-refractivity contribution is 5.09. The van der Waals surface area contributed by atoms with Gasteiger partial charge in [0.1, 0.15) is 6.04 Å². The van der Waals surface area contributed by atoms with E-state index < -0.39 is 0 Å². The number of rotatable bonds is 3. The zero-order chi connectivity index (χ0) is 13.9. The zero-order valence-corrected chi connectivity index (χ0v) is 11.7. The summed E-state index contributed by atoms with van der Waals surface area (Å²) in [6, 6.07) is 4.01. The Bertz CT molecular complexity index is 557. The average Bonchev–Trinajstić information content (AvgIpc) is 2.86. The molecular formula is C14H18N4O2. The summed E-state index contributed by atoms with van der Waals surface area (Å²) in [5.41, 5.74) is 1.17. The Kier molecular flexibility index (Phi) is 3.75. The average molecular weight is 274 g/mol. The van der Waals surface area contributed by atoms with Crippen molar-refractivity contribution in [2.24, 2.45) is 0 Å². The van der Waals surface area contributed by atoms with Crippen molar-refractivity contribution in [3.05, 3.63) is 41.8 Å². The van der Waals surface area contributed by atoms with E-state index in [9.17, 15) is 0 Å². The summed E-state index contributed by atoms with van der Waals surface area (Å²) in [5.74, 6) is 1.28. The molecule has 1 fully saturated rings.